The number of rotatable bonds is 5. The number of hydrogen-bond donors (Lipinski definition) is 1. The molecule has 1 aromatic heterocycles. The number of hydrogen-bond acceptors (Lipinski definition) is 4. The summed E-state index contributed by atoms with van der Waals surface area (Å²) in [4.78, 5) is 13.8. The van der Waals surface area contributed by atoms with Gasteiger partial charge in [-0.2, -0.15) is 0 Å². The van der Waals surface area contributed by atoms with Crippen LogP contribution < -0.4 is 5.73 Å². The van der Waals surface area contributed by atoms with Gasteiger partial charge in [-0.3, -0.25) is 4.99 Å². The van der Waals surface area contributed by atoms with Crippen LogP contribution in [-0.4, -0.2) is 21.7 Å². The molecule has 21 heavy (non-hydrogen) atoms. The van der Waals surface area contributed by atoms with Gasteiger partial charge < -0.3 is 5.73 Å². The number of aromatic nitrogens is 2. The van der Waals surface area contributed by atoms with Gasteiger partial charge in [-0.05, 0) is 12.5 Å². The highest BCUT2D eigenvalue weighted by molar-refractivity contribution is 8.21. The van der Waals surface area contributed by atoms with Crippen molar-refractivity contribution >= 4 is 21.8 Å². The van der Waals surface area contributed by atoms with Crippen LogP contribution in [0.4, 0.5) is 0 Å². The SMILES string of the molecule is C=C(SC(N)=NCCC)c1ccnc(-c2ccccc2)n1. The maximum Gasteiger partial charge on any atom is 0.159 e. The Hall–Kier alpha value is -2.14. The van der Waals surface area contributed by atoms with Crippen molar-refractivity contribution < 1.29 is 0 Å². The number of nitrogens with zero attached hydrogens (tertiary/aromatic N) is 3. The van der Waals surface area contributed by atoms with E-state index in [1.165, 1.54) is 11.8 Å². The molecule has 108 valence electrons. The van der Waals surface area contributed by atoms with Crippen molar-refractivity contribution in [2.75, 3.05) is 6.54 Å². The zero-order valence-corrected chi connectivity index (χ0v) is 12.8. The fourth-order valence-corrected chi connectivity index (χ4v) is 2.30. The van der Waals surface area contributed by atoms with Crippen molar-refractivity contribution in [2.24, 2.45) is 10.7 Å². The normalized spacial score (nSPS) is 11.4. The third-order valence-corrected chi connectivity index (χ3v) is 3.49. The Labute approximate surface area is 129 Å². The summed E-state index contributed by atoms with van der Waals surface area (Å²) in [6.07, 6.45) is 2.70. The second-order valence-electron chi connectivity index (χ2n) is 4.38. The molecule has 0 amide bonds. The minimum absolute atomic E-state index is 0.515. The lowest BCUT2D eigenvalue weighted by Gasteiger charge is -2.06. The number of thioether (sulfide) groups is 1. The summed E-state index contributed by atoms with van der Waals surface area (Å²) in [6.45, 7) is 6.81. The van der Waals surface area contributed by atoms with Gasteiger partial charge in [-0.1, -0.05) is 55.6 Å². The fourth-order valence-electron chi connectivity index (χ4n) is 1.67. The number of benzene rings is 1. The Morgan fingerprint density at radius 2 is 2.05 bits per heavy atom. The molecule has 0 saturated heterocycles. The fraction of sp³-hybridized carbons (Fsp3) is 0.188. The predicted molar refractivity (Wildman–Crippen MR) is 90.9 cm³/mol. The van der Waals surface area contributed by atoms with Crippen LogP contribution in [-0.2, 0) is 0 Å². The molecule has 1 aromatic carbocycles. The second-order valence-corrected chi connectivity index (χ2v) is 5.49. The van der Waals surface area contributed by atoms with Crippen LogP contribution in [0.5, 0.6) is 0 Å². The number of aliphatic imine (C=N–C) groups is 1. The Kier molecular flexibility index (Phi) is 5.51. The highest BCUT2D eigenvalue weighted by Gasteiger charge is 2.07. The smallest absolute Gasteiger partial charge is 0.159 e. The van der Waals surface area contributed by atoms with Crippen molar-refractivity contribution in [3.63, 3.8) is 0 Å². The van der Waals surface area contributed by atoms with E-state index in [1.54, 1.807) is 6.20 Å². The molecule has 0 fully saturated rings. The van der Waals surface area contributed by atoms with Gasteiger partial charge >= 0.3 is 0 Å². The van der Waals surface area contributed by atoms with Gasteiger partial charge in [0.25, 0.3) is 0 Å². The zero-order chi connectivity index (χ0) is 15.1. The van der Waals surface area contributed by atoms with Crippen LogP contribution in [0.3, 0.4) is 0 Å². The van der Waals surface area contributed by atoms with Gasteiger partial charge in [-0.25, -0.2) is 9.97 Å². The highest BCUT2D eigenvalue weighted by atomic mass is 32.2. The Morgan fingerprint density at radius 3 is 2.76 bits per heavy atom. The van der Waals surface area contributed by atoms with Crippen LogP contribution in [0.15, 0.2) is 54.2 Å². The molecule has 0 bridgehead atoms. The maximum absolute atomic E-state index is 5.86. The molecule has 4 nitrogen and oxygen atoms in total. The molecule has 0 saturated carbocycles. The predicted octanol–water partition coefficient (Wildman–Crippen LogP) is 3.57. The minimum atomic E-state index is 0.515. The molecule has 0 radical (unpaired) electrons. The molecule has 0 unspecified atom stereocenters. The van der Waals surface area contributed by atoms with Crippen LogP contribution in [0.2, 0.25) is 0 Å². The summed E-state index contributed by atoms with van der Waals surface area (Å²) in [5.74, 6) is 0.680. The van der Waals surface area contributed by atoms with Crippen molar-refractivity contribution in [2.45, 2.75) is 13.3 Å². The number of nitrogens with two attached hydrogens (primary N) is 1. The van der Waals surface area contributed by atoms with E-state index < -0.39 is 0 Å². The summed E-state index contributed by atoms with van der Waals surface area (Å²) >= 11 is 1.34. The van der Waals surface area contributed by atoms with Gasteiger partial charge in [0.1, 0.15) is 0 Å². The summed E-state index contributed by atoms with van der Waals surface area (Å²) in [5, 5.41) is 0.515. The van der Waals surface area contributed by atoms with Crippen molar-refractivity contribution in [1.29, 1.82) is 0 Å². The third-order valence-electron chi connectivity index (χ3n) is 2.69. The molecule has 2 N–H and O–H groups in total. The first-order valence-corrected chi connectivity index (χ1v) is 7.58. The van der Waals surface area contributed by atoms with Gasteiger partial charge in [0.05, 0.1) is 5.69 Å². The van der Waals surface area contributed by atoms with E-state index in [4.69, 9.17) is 5.73 Å². The molecular formula is C16H18N4S. The molecule has 2 rings (SSSR count). The highest BCUT2D eigenvalue weighted by Crippen LogP contribution is 2.25. The lowest BCUT2D eigenvalue weighted by molar-refractivity contribution is 0.934. The van der Waals surface area contributed by atoms with Crippen LogP contribution >= 0.6 is 11.8 Å². The first-order valence-electron chi connectivity index (χ1n) is 6.76. The third kappa shape index (κ3) is 4.43. The topological polar surface area (TPSA) is 64.2 Å². The first-order chi connectivity index (χ1) is 10.2. The second kappa shape index (κ2) is 7.59. The van der Waals surface area contributed by atoms with Gasteiger partial charge in [0, 0.05) is 23.2 Å². The van der Waals surface area contributed by atoms with Gasteiger partial charge in [0.15, 0.2) is 11.0 Å². The minimum Gasteiger partial charge on any atom is -0.378 e. The maximum atomic E-state index is 5.86. The Bertz CT molecular complexity index is 638. The standard InChI is InChI=1S/C16H18N4S/c1-3-10-19-16(17)21-12(2)14-9-11-18-15(20-14)13-7-5-4-6-8-13/h4-9,11H,2-3,10H2,1H3,(H2,17,19). The van der Waals surface area contributed by atoms with Crippen molar-refractivity contribution in [3.05, 3.63) is 54.9 Å². The molecular weight excluding hydrogens is 280 g/mol. The molecule has 0 aliphatic heterocycles. The molecule has 2 aromatic rings. The van der Waals surface area contributed by atoms with Gasteiger partial charge in [0.2, 0.25) is 0 Å². The summed E-state index contributed by atoms with van der Waals surface area (Å²) in [7, 11) is 0. The zero-order valence-electron chi connectivity index (χ0n) is 12.0. The molecule has 0 aliphatic rings. The monoisotopic (exact) mass is 298 g/mol. The molecule has 0 spiro atoms. The van der Waals surface area contributed by atoms with E-state index in [9.17, 15) is 0 Å². The molecule has 0 aliphatic carbocycles. The average molecular weight is 298 g/mol. The van der Waals surface area contributed by atoms with E-state index in [1.807, 2.05) is 36.4 Å². The molecule has 1 heterocycles. The lowest BCUT2D eigenvalue weighted by atomic mass is 10.2. The van der Waals surface area contributed by atoms with E-state index in [0.29, 0.717) is 11.0 Å². The van der Waals surface area contributed by atoms with E-state index >= 15 is 0 Å². The Balaban J connectivity index is 2.16. The first kappa shape index (κ1) is 15.3. The number of amidine groups is 1. The quantitative estimate of drug-likeness (QED) is 0.677. The Morgan fingerprint density at radius 1 is 1.29 bits per heavy atom. The van der Waals surface area contributed by atoms with Crippen LogP contribution in [0.1, 0.15) is 19.0 Å². The van der Waals surface area contributed by atoms with Gasteiger partial charge in [-0.15, -0.1) is 0 Å². The summed E-state index contributed by atoms with van der Waals surface area (Å²) in [6, 6.07) is 11.7. The van der Waals surface area contributed by atoms with E-state index in [-0.39, 0.29) is 0 Å². The summed E-state index contributed by atoms with van der Waals surface area (Å²) in [5.41, 5.74) is 7.60. The molecule has 0 atom stereocenters. The average Bonchev–Trinajstić information content (AvgIpc) is 2.54. The van der Waals surface area contributed by atoms with Crippen LogP contribution in [0, 0.1) is 0 Å². The largest absolute Gasteiger partial charge is 0.378 e. The van der Waals surface area contributed by atoms with E-state index in [0.717, 1.165) is 29.1 Å². The summed E-state index contributed by atoms with van der Waals surface area (Å²) < 4.78 is 0. The lowest BCUT2D eigenvalue weighted by Crippen LogP contribution is -2.07. The van der Waals surface area contributed by atoms with Crippen molar-refractivity contribution in [1.82, 2.24) is 9.97 Å². The van der Waals surface area contributed by atoms with E-state index in [2.05, 4.69) is 28.5 Å². The van der Waals surface area contributed by atoms with Crippen LogP contribution in [0.25, 0.3) is 16.3 Å². The van der Waals surface area contributed by atoms with Crippen molar-refractivity contribution in [3.8, 4) is 11.4 Å². The molecule has 5 heteroatoms.